The number of halogens is 2. The first-order chi connectivity index (χ1) is 8.49. The molecule has 0 heterocycles. The summed E-state index contributed by atoms with van der Waals surface area (Å²) in [6.07, 6.45) is 0. The molecule has 1 amide bonds. The molecule has 1 atom stereocenters. The van der Waals surface area contributed by atoms with Crippen LogP contribution in [0.4, 0.5) is 0 Å². The summed E-state index contributed by atoms with van der Waals surface area (Å²) >= 11 is 8.11. The van der Waals surface area contributed by atoms with Crippen molar-refractivity contribution < 1.29 is 14.3 Å². The van der Waals surface area contributed by atoms with Crippen LogP contribution >= 0.6 is 34.2 Å². The third kappa shape index (κ3) is 4.00. The van der Waals surface area contributed by atoms with Crippen molar-refractivity contribution >= 4 is 40.1 Å². The molecule has 100 valence electrons. The maximum Gasteiger partial charge on any atom is 0.255 e. The molecular weight excluding hydrogens is 368 g/mol. The van der Waals surface area contributed by atoms with Crippen LogP contribution in [0.25, 0.3) is 0 Å². The summed E-state index contributed by atoms with van der Waals surface area (Å²) in [7, 11) is 3.11. The van der Waals surface area contributed by atoms with Crippen molar-refractivity contribution in [2.45, 2.75) is 13.0 Å². The molecule has 1 unspecified atom stereocenters. The second-order valence-electron chi connectivity index (χ2n) is 3.80. The van der Waals surface area contributed by atoms with E-state index in [1.165, 1.54) is 7.11 Å². The lowest BCUT2D eigenvalue weighted by molar-refractivity contribution is 0.0902. The molecule has 1 aromatic rings. The number of carbonyl (C=O) groups excluding carboxylic acids is 1. The zero-order valence-corrected chi connectivity index (χ0v) is 13.3. The molecule has 0 spiro atoms. The average Bonchev–Trinajstić information content (AvgIpc) is 2.32. The van der Waals surface area contributed by atoms with Gasteiger partial charge in [0.1, 0.15) is 5.75 Å². The minimum atomic E-state index is -0.227. The SMILES string of the molecule is COCC(C)NC(=O)c1cc(Cl)c(I)cc1OC. The van der Waals surface area contributed by atoms with Gasteiger partial charge in [-0.15, -0.1) is 0 Å². The molecule has 0 fully saturated rings. The Bertz CT molecular complexity index is 440. The van der Waals surface area contributed by atoms with Crippen molar-refractivity contribution in [3.63, 3.8) is 0 Å². The summed E-state index contributed by atoms with van der Waals surface area (Å²) in [6.45, 7) is 2.31. The predicted octanol–water partition coefficient (Wildman–Crippen LogP) is 2.72. The summed E-state index contributed by atoms with van der Waals surface area (Å²) in [4.78, 5) is 12.1. The van der Waals surface area contributed by atoms with Gasteiger partial charge in [-0.05, 0) is 41.6 Å². The van der Waals surface area contributed by atoms with Crippen LogP contribution in [0.5, 0.6) is 5.75 Å². The lowest BCUT2D eigenvalue weighted by Gasteiger charge is -2.15. The van der Waals surface area contributed by atoms with Gasteiger partial charge in [0.15, 0.2) is 0 Å². The summed E-state index contributed by atoms with van der Waals surface area (Å²) in [5.41, 5.74) is 0.422. The second-order valence-corrected chi connectivity index (χ2v) is 5.37. The minimum absolute atomic E-state index is 0.0785. The predicted molar refractivity (Wildman–Crippen MR) is 79.5 cm³/mol. The van der Waals surface area contributed by atoms with Gasteiger partial charge in [-0.1, -0.05) is 11.6 Å². The van der Waals surface area contributed by atoms with Crippen molar-refractivity contribution in [1.29, 1.82) is 0 Å². The van der Waals surface area contributed by atoms with Crippen molar-refractivity contribution in [2.75, 3.05) is 20.8 Å². The first kappa shape index (κ1) is 15.5. The smallest absolute Gasteiger partial charge is 0.255 e. The van der Waals surface area contributed by atoms with E-state index in [9.17, 15) is 4.79 Å². The van der Waals surface area contributed by atoms with Gasteiger partial charge in [0.2, 0.25) is 0 Å². The number of hydrogen-bond acceptors (Lipinski definition) is 3. The normalized spacial score (nSPS) is 12.1. The molecule has 1 N–H and O–H groups in total. The fourth-order valence-corrected chi connectivity index (χ4v) is 2.07. The van der Waals surface area contributed by atoms with Crippen LogP contribution in [0.2, 0.25) is 5.02 Å². The molecule has 0 bridgehead atoms. The van der Waals surface area contributed by atoms with Crippen LogP contribution < -0.4 is 10.1 Å². The molecule has 0 saturated heterocycles. The third-order valence-electron chi connectivity index (χ3n) is 2.28. The highest BCUT2D eigenvalue weighted by Crippen LogP contribution is 2.28. The van der Waals surface area contributed by atoms with Gasteiger partial charge in [0, 0.05) is 16.7 Å². The molecule has 1 rings (SSSR count). The minimum Gasteiger partial charge on any atom is -0.496 e. The van der Waals surface area contributed by atoms with Crippen molar-refractivity contribution in [1.82, 2.24) is 5.32 Å². The van der Waals surface area contributed by atoms with Crippen LogP contribution in [-0.2, 0) is 4.74 Å². The fraction of sp³-hybridized carbons (Fsp3) is 0.417. The monoisotopic (exact) mass is 383 g/mol. The number of rotatable bonds is 5. The average molecular weight is 384 g/mol. The number of benzene rings is 1. The number of hydrogen-bond donors (Lipinski definition) is 1. The van der Waals surface area contributed by atoms with E-state index in [0.717, 1.165) is 3.57 Å². The van der Waals surface area contributed by atoms with E-state index >= 15 is 0 Å². The molecular formula is C12H15ClINO3. The molecule has 0 aliphatic carbocycles. The van der Waals surface area contributed by atoms with Gasteiger partial charge in [0.05, 0.1) is 24.3 Å². The van der Waals surface area contributed by atoms with E-state index in [4.69, 9.17) is 21.1 Å². The molecule has 0 radical (unpaired) electrons. The molecule has 1 aromatic carbocycles. The quantitative estimate of drug-likeness (QED) is 0.796. The maximum absolute atomic E-state index is 12.1. The Labute approximate surface area is 125 Å². The number of nitrogens with one attached hydrogen (secondary N) is 1. The van der Waals surface area contributed by atoms with Gasteiger partial charge < -0.3 is 14.8 Å². The van der Waals surface area contributed by atoms with E-state index in [1.807, 2.05) is 6.92 Å². The van der Waals surface area contributed by atoms with Gasteiger partial charge in [0.25, 0.3) is 5.91 Å². The highest BCUT2D eigenvalue weighted by molar-refractivity contribution is 14.1. The Morgan fingerprint density at radius 2 is 2.17 bits per heavy atom. The van der Waals surface area contributed by atoms with Gasteiger partial charge in [-0.25, -0.2) is 0 Å². The van der Waals surface area contributed by atoms with Crippen molar-refractivity contribution in [2.24, 2.45) is 0 Å². The van der Waals surface area contributed by atoms with E-state index in [2.05, 4.69) is 27.9 Å². The largest absolute Gasteiger partial charge is 0.496 e. The summed E-state index contributed by atoms with van der Waals surface area (Å²) < 4.78 is 11.0. The van der Waals surface area contributed by atoms with Gasteiger partial charge in [-0.3, -0.25) is 4.79 Å². The highest BCUT2D eigenvalue weighted by Gasteiger charge is 2.16. The number of amides is 1. The van der Waals surface area contributed by atoms with E-state index in [-0.39, 0.29) is 11.9 Å². The molecule has 18 heavy (non-hydrogen) atoms. The molecule has 6 heteroatoms. The molecule has 4 nitrogen and oxygen atoms in total. The van der Waals surface area contributed by atoms with Gasteiger partial charge in [-0.2, -0.15) is 0 Å². The number of methoxy groups -OCH3 is 2. The Morgan fingerprint density at radius 3 is 2.72 bits per heavy atom. The van der Waals surface area contributed by atoms with Crippen molar-refractivity contribution in [3.8, 4) is 5.75 Å². The molecule has 0 aliphatic rings. The zero-order chi connectivity index (χ0) is 13.7. The molecule has 0 aliphatic heterocycles. The Hall–Kier alpha value is -0.530. The standard InChI is InChI=1S/C12H15ClINO3/c1-7(6-17-2)15-12(16)8-4-9(13)10(14)5-11(8)18-3/h4-5,7H,6H2,1-3H3,(H,15,16). The third-order valence-corrected chi connectivity index (χ3v) is 3.81. The lowest BCUT2D eigenvalue weighted by Crippen LogP contribution is -2.35. The van der Waals surface area contributed by atoms with Crippen molar-refractivity contribution in [3.05, 3.63) is 26.3 Å². The molecule has 0 aromatic heterocycles. The van der Waals surface area contributed by atoms with E-state index in [1.54, 1.807) is 19.2 Å². The van der Waals surface area contributed by atoms with Crippen LogP contribution in [0.15, 0.2) is 12.1 Å². The Balaban J connectivity index is 2.94. The Kier molecular flexibility index (Phi) is 6.17. The van der Waals surface area contributed by atoms with Crippen LogP contribution in [0.3, 0.4) is 0 Å². The highest BCUT2D eigenvalue weighted by atomic mass is 127. The van der Waals surface area contributed by atoms with Crippen LogP contribution in [0, 0.1) is 3.57 Å². The molecule has 0 saturated carbocycles. The first-order valence-electron chi connectivity index (χ1n) is 5.32. The van der Waals surface area contributed by atoms with Crippen LogP contribution in [0.1, 0.15) is 17.3 Å². The van der Waals surface area contributed by atoms with E-state index in [0.29, 0.717) is 22.9 Å². The number of ether oxygens (including phenoxy) is 2. The Morgan fingerprint density at radius 1 is 1.50 bits per heavy atom. The fourth-order valence-electron chi connectivity index (χ4n) is 1.47. The second kappa shape index (κ2) is 7.16. The maximum atomic E-state index is 12.1. The zero-order valence-electron chi connectivity index (χ0n) is 10.4. The summed E-state index contributed by atoms with van der Waals surface area (Å²) in [5.74, 6) is 0.278. The topological polar surface area (TPSA) is 47.6 Å². The van der Waals surface area contributed by atoms with Crippen LogP contribution in [-0.4, -0.2) is 32.8 Å². The van der Waals surface area contributed by atoms with Gasteiger partial charge >= 0.3 is 0 Å². The number of carbonyl (C=O) groups is 1. The van der Waals surface area contributed by atoms with E-state index < -0.39 is 0 Å². The summed E-state index contributed by atoms with van der Waals surface area (Å²) in [5, 5.41) is 3.34. The first-order valence-corrected chi connectivity index (χ1v) is 6.78. The lowest BCUT2D eigenvalue weighted by atomic mass is 10.1. The summed E-state index contributed by atoms with van der Waals surface area (Å²) in [6, 6.07) is 3.26.